The molecule has 3 N–H and O–H groups in total. The fourth-order valence-corrected chi connectivity index (χ4v) is 3.74. The van der Waals surface area contributed by atoms with Crippen molar-refractivity contribution in [2.75, 3.05) is 88.8 Å². The van der Waals surface area contributed by atoms with Crippen LogP contribution in [0.1, 0.15) is 11.4 Å². The van der Waals surface area contributed by atoms with E-state index in [1.165, 1.54) is 0 Å². The average Bonchev–Trinajstić information content (AvgIpc) is 2.85. The van der Waals surface area contributed by atoms with Gasteiger partial charge in [-0.2, -0.15) is 0 Å². The Morgan fingerprint density at radius 1 is 1.00 bits per heavy atom. The summed E-state index contributed by atoms with van der Waals surface area (Å²) < 4.78 is 16.1. The van der Waals surface area contributed by atoms with E-state index in [-0.39, 0.29) is 0 Å². The number of nitrogens with two attached hydrogens (primary N) is 1. The number of morpholine rings is 2. The molecule has 172 valence electrons. The summed E-state index contributed by atoms with van der Waals surface area (Å²) in [4.78, 5) is 14.0. The molecule has 0 amide bonds. The van der Waals surface area contributed by atoms with E-state index in [1.807, 2.05) is 36.4 Å². The normalized spacial score (nSPS) is 17.6. The Morgan fingerprint density at radius 3 is 2.38 bits per heavy atom. The molecule has 2 aromatic rings. The standard InChI is InChI=1S/C23H32N6O3/c1-30-19-5-2-18(3-6-19)4-7-20-26-22(25-8-9-28-10-14-31-15-11-28)21(24)23(27-20)29-12-16-32-17-13-29/h2-7H,8-17,24H2,1H3,(H,25,26,27)/b7-4+. The highest BCUT2D eigenvalue weighted by Gasteiger charge is 2.19. The second-order valence-electron chi connectivity index (χ2n) is 7.75. The molecular formula is C23H32N6O3. The van der Waals surface area contributed by atoms with Gasteiger partial charge in [0.15, 0.2) is 17.5 Å². The number of hydrogen-bond donors (Lipinski definition) is 2. The average molecular weight is 441 g/mol. The van der Waals surface area contributed by atoms with Crippen molar-refractivity contribution in [2.45, 2.75) is 0 Å². The Labute approximate surface area is 189 Å². The maximum Gasteiger partial charge on any atom is 0.158 e. The summed E-state index contributed by atoms with van der Waals surface area (Å²) in [5.74, 6) is 2.87. The number of aromatic nitrogens is 2. The third-order valence-electron chi connectivity index (χ3n) is 5.62. The van der Waals surface area contributed by atoms with E-state index in [0.717, 1.165) is 69.6 Å². The predicted molar refractivity (Wildman–Crippen MR) is 127 cm³/mol. The SMILES string of the molecule is COc1ccc(/C=C/c2nc(NCCN3CCOCC3)c(N)c(N3CCOCC3)n2)cc1. The van der Waals surface area contributed by atoms with Gasteiger partial charge in [-0.15, -0.1) is 0 Å². The minimum Gasteiger partial charge on any atom is -0.497 e. The Kier molecular flexibility index (Phi) is 7.76. The first-order valence-corrected chi connectivity index (χ1v) is 11.1. The third-order valence-corrected chi connectivity index (χ3v) is 5.62. The van der Waals surface area contributed by atoms with Gasteiger partial charge in [-0.3, -0.25) is 4.90 Å². The maximum absolute atomic E-state index is 6.50. The third kappa shape index (κ3) is 5.87. The lowest BCUT2D eigenvalue weighted by atomic mass is 10.2. The number of hydrogen-bond acceptors (Lipinski definition) is 9. The number of ether oxygens (including phenoxy) is 3. The Bertz CT molecular complexity index is 893. The van der Waals surface area contributed by atoms with E-state index in [1.54, 1.807) is 7.11 Å². The molecule has 0 aliphatic carbocycles. The molecule has 0 saturated carbocycles. The van der Waals surface area contributed by atoms with Crippen LogP contribution in [0.4, 0.5) is 17.3 Å². The van der Waals surface area contributed by atoms with Crippen molar-refractivity contribution in [1.82, 2.24) is 14.9 Å². The van der Waals surface area contributed by atoms with E-state index >= 15 is 0 Å². The largest absolute Gasteiger partial charge is 0.497 e. The summed E-state index contributed by atoms with van der Waals surface area (Å²) in [6.07, 6.45) is 3.91. The molecule has 9 heteroatoms. The first kappa shape index (κ1) is 22.3. The minimum absolute atomic E-state index is 0.579. The lowest BCUT2D eigenvalue weighted by molar-refractivity contribution is 0.0398. The van der Waals surface area contributed by atoms with Crippen LogP contribution in [0, 0.1) is 0 Å². The zero-order chi connectivity index (χ0) is 22.2. The van der Waals surface area contributed by atoms with Crippen LogP contribution in [-0.2, 0) is 9.47 Å². The van der Waals surface area contributed by atoms with Gasteiger partial charge >= 0.3 is 0 Å². The molecule has 0 radical (unpaired) electrons. The lowest BCUT2D eigenvalue weighted by Gasteiger charge is -2.29. The number of anilines is 3. The molecule has 9 nitrogen and oxygen atoms in total. The van der Waals surface area contributed by atoms with Crippen LogP contribution in [0.25, 0.3) is 12.2 Å². The summed E-state index contributed by atoms with van der Waals surface area (Å²) in [6, 6.07) is 7.86. The molecule has 32 heavy (non-hydrogen) atoms. The highest BCUT2D eigenvalue weighted by molar-refractivity contribution is 5.78. The fourth-order valence-electron chi connectivity index (χ4n) is 3.74. The minimum atomic E-state index is 0.579. The number of rotatable bonds is 8. The highest BCUT2D eigenvalue weighted by Crippen LogP contribution is 2.28. The van der Waals surface area contributed by atoms with Crippen molar-refractivity contribution in [3.63, 3.8) is 0 Å². The van der Waals surface area contributed by atoms with Gasteiger partial charge < -0.3 is 30.2 Å². The predicted octanol–water partition coefficient (Wildman–Crippen LogP) is 1.82. The van der Waals surface area contributed by atoms with Gasteiger partial charge in [-0.25, -0.2) is 9.97 Å². The molecule has 3 heterocycles. The first-order chi connectivity index (χ1) is 15.7. The second-order valence-corrected chi connectivity index (χ2v) is 7.75. The lowest BCUT2D eigenvalue weighted by Crippen LogP contribution is -2.39. The van der Waals surface area contributed by atoms with Gasteiger partial charge in [-0.1, -0.05) is 18.2 Å². The zero-order valence-corrected chi connectivity index (χ0v) is 18.6. The van der Waals surface area contributed by atoms with Crippen LogP contribution in [0.3, 0.4) is 0 Å². The number of methoxy groups -OCH3 is 1. The monoisotopic (exact) mass is 440 g/mol. The maximum atomic E-state index is 6.50. The summed E-state index contributed by atoms with van der Waals surface area (Å²) in [7, 11) is 1.66. The van der Waals surface area contributed by atoms with Crippen LogP contribution in [-0.4, -0.2) is 87.7 Å². The van der Waals surface area contributed by atoms with Crippen LogP contribution < -0.4 is 20.7 Å². The van der Waals surface area contributed by atoms with Gasteiger partial charge in [0, 0.05) is 39.3 Å². The van der Waals surface area contributed by atoms with Crippen LogP contribution >= 0.6 is 0 Å². The number of nitrogens with zero attached hydrogens (tertiary/aromatic N) is 4. The fraction of sp³-hybridized carbons (Fsp3) is 0.478. The highest BCUT2D eigenvalue weighted by atomic mass is 16.5. The van der Waals surface area contributed by atoms with E-state index in [2.05, 4.69) is 15.1 Å². The van der Waals surface area contributed by atoms with E-state index in [0.29, 0.717) is 30.5 Å². The first-order valence-electron chi connectivity index (χ1n) is 11.1. The van der Waals surface area contributed by atoms with E-state index in [4.69, 9.17) is 29.9 Å². The Balaban J connectivity index is 1.52. The molecule has 1 aromatic heterocycles. The summed E-state index contributed by atoms with van der Waals surface area (Å²) in [6.45, 7) is 8.01. The number of nitrogen functional groups attached to an aromatic ring is 1. The zero-order valence-electron chi connectivity index (χ0n) is 18.6. The van der Waals surface area contributed by atoms with Crippen molar-refractivity contribution in [1.29, 1.82) is 0 Å². The number of nitrogens with one attached hydrogen (secondary N) is 1. The van der Waals surface area contributed by atoms with Crippen LogP contribution in [0.2, 0.25) is 0 Å². The molecule has 0 bridgehead atoms. The van der Waals surface area contributed by atoms with Crippen molar-refractivity contribution >= 4 is 29.5 Å². The summed E-state index contributed by atoms with van der Waals surface area (Å²) in [5.41, 5.74) is 8.12. The molecule has 1 aromatic carbocycles. The summed E-state index contributed by atoms with van der Waals surface area (Å²) in [5, 5.41) is 3.43. The second kappa shape index (κ2) is 11.1. The van der Waals surface area contributed by atoms with Gasteiger partial charge in [0.25, 0.3) is 0 Å². The number of benzene rings is 1. The quantitative estimate of drug-likeness (QED) is 0.637. The molecule has 0 atom stereocenters. The molecule has 4 rings (SSSR count). The van der Waals surface area contributed by atoms with Gasteiger partial charge in [0.2, 0.25) is 0 Å². The van der Waals surface area contributed by atoms with Crippen LogP contribution in [0.5, 0.6) is 5.75 Å². The van der Waals surface area contributed by atoms with Crippen molar-refractivity contribution in [3.8, 4) is 5.75 Å². The molecule has 0 spiro atoms. The topological polar surface area (TPSA) is 98.0 Å². The Hall–Kier alpha value is -2.88. The molecule has 2 aliphatic rings. The van der Waals surface area contributed by atoms with E-state index < -0.39 is 0 Å². The van der Waals surface area contributed by atoms with Crippen molar-refractivity contribution in [3.05, 3.63) is 35.7 Å². The molecule has 0 unspecified atom stereocenters. The van der Waals surface area contributed by atoms with Crippen molar-refractivity contribution in [2.24, 2.45) is 0 Å². The van der Waals surface area contributed by atoms with Gasteiger partial charge in [-0.05, 0) is 23.8 Å². The van der Waals surface area contributed by atoms with Crippen LogP contribution in [0.15, 0.2) is 24.3 Å². The van der Waals surface area contributed by atoms with Crippen molar-refractivity contribution < 1.29 is 14.2 Å². The molecule has 2 fully saturated rings. The van der Waals surface area contributed by atoms with E-state index in [9.17, 15) is 0 Å². The molecular weight excluding hydrogens is 408 g/mol. The smallest absolute Gasteiger partial charge is 0.158 e. The van der Waals surface area contributed by atoms with Gasteiger partial charge in [0.05, 0.1) is 33.5 Å². The Morgan fingerprint density at radius 2 is 1.69 bits per heavy atom. The summed E-state index contributed by atoms with van der Waals surface area (Å²) >= 11 is 0. The van der Waals surface area contributed by atoms with Gasteiger partial charge in [0.1, 0.15) is 11.4 Å². The molecule has 2 saturated heterocycles. The molecule has 2 aliphatic heterocycles.